The maximum atomic E-state index is 5.41. The van der Waals surface area contributed by atoms with Gasteiger partial charge < -0.3 is 24.2 Å². The third kappa shape index (κ3) is 4.36. The number of halogens is 1. The molecule has 1 aromatic heterocycles. The maximum Gasteiger partial charge on any atom is 0.194 e. The number of aliphatic imine (C=N–C) groups is 1. The second-order valence-electron chi connectivity index (χ2n) is 5.54. The molecule has 0 atom stereocenters. The first-order valence-corrected chi connectivity index (χ1v) is 7.83. The van der Waals surface area contributed by atoms with Crippen LogP contribution in [0.25, 0.3) is 0 Å². The normalized spacial score (nSPS) is 13.7. The van der Waals surface area contributed by atoms with E-state index >= 15 is 0 Å². The van der Waals surface area contributed by atoms with Crippen LogP contribution in [0.15, 0.2) is 34.0 Å². The molecule has 0 saturated carbocycles. The van der Waals surface area contributed by atoms with Crippen LogP contribution in [0, 0.1) is 0 Å². The quantitative estimate of drug-likeness (QED) is 0.431. The minimum absolute atomic E-state index is 0. The van der Waals surface area contributed by atoms with Gasteiger partial charge in [-0.2, -0.15) is 0 Å². The third-order valence-corrected chi connectivity index (χ3v) is 4.15. The number of hydrogen-bond donors (Lipinski definition) is 1. The second-order valence-corrected chi connectivity index (χ2v) is 5.54. The van der Waals surface area contributed by atoms with Gasteiger partial charge in [-0.1, -0.05) is 5.16 Å². The summed E-state index contributed by atoms with van der Waals surface area (Å²) >= 11 is 0. The van der Waals surface area contributed by atoms with Gasteiger partial charge in [0, 0.05) is 26.2 Å². The molecule has 1 aliphatic rings. The Morgan fingerprint density at radius 1 is 1.28 bits per heavy atom. The standard InChI is InChI=1S/C17H22N4O3.HI/c1-18-17(19-10-14-5-7-24-20-14)21-6-4-12-8-15(22-2)16(23-3)9-13(12)11-21;/h5,7-9H,4,6,10-11H2,1-3H3,(H,18,19);1H. The Labute approximate surface area is 164 Å². The lowest BCUT2D eigenvalue weighted by Crippen LogP contribution is -2.43. The van der Waals surface area contributed by atoms with Gasteiger partial charge in [0.25, 0.3) is 0 Å². The molecule has 8 heteroatoms. The molecule has 3 rings (SSSR count). The van der Waals surface area contributed by atoms with Gasteiger partial charge in [-0.3, -0.25) is 4.99 Å². The molecule has 0 fully saturated rings. The molecule has 1 N–H and O–H groups in total. The van der Waals surface area contributed by atoms with E-state index in [-0.39, 0.29) is 24.0 Å². The highest BCUT2D eigenvalue weighted by Crippen LogP contribution is 2.33. The van der Waals surface area contributed by atoms with Gasteiger partial charge >= 0.3 is 0 Å². The summed E-state index contributed by atoms with van der Waals surface area (Å²) in [5.74, 6) is 2.38. The molecule has 0 spiro atoms. The van der Waals surface area contributed by atoms with Crippen molar-refractivity contribution >= 4 is 29.9 Å². The minimum atomic E-state index is 0. The number of nitrogens with zero attached hydrogens (tertiary/aromatic N) is 3. The lowest BCUT2D eigenvalue weighted by molar-refractivity contribution is 0.345. The van der Waals surface area contributed by atoms with Gasteiger partial charge in [0.05, 0.1) is 20.8 Å². The van der Waals surface area contributed by atoms with Crippen LogP contribution in [0.4, 0.5) is 0 Å². The Morgan fingerprint density at radius 2 is 2.00 bits per heavy atom. The largest absolute Gasteiger partial charge is 0.493 e. The van der Waals surface area contributed by atoms with Crippen molar-refractivity contribution < 1.29 is 14.0 Å². The molecule has 0 radical (unpaired) electrons. The van der Waals surface area contributed by atoms with Gasteiger partial charge in [0.15, 0.2) is 17.5 Å². The number of hydrogen-bond acceptors (Lipinski definition) is 5. The zero-order valence-corrected chi connectivity index (χ0v) is 16.9. The van der Waals surface area contributed by atoms with Crippen molar-refractivity contribution in [1.82, 2.24) is 15.4 Å². The topological polar surface area (TPSA) is 72.1 Å². The molecule has 25 heavy (non-hydrogen) atoms. The fourth-order valence-electron chi connectivity index (χ4n) is 2.89. The number of benzene rings is 1. The zero-order valence-electron chi connectivity index (χ0n) is 14.6. The van der Waals surface area contributed by atoms with E-state index in [4.69, 9.17) is 14.0 Å². The lowest BCUT2D eigenvalue weighted by Gasteiger charge is -2.32. The minimum Gasteiger partial charge on any atom is -0.493 e. The number of nitrogens with one attached hydrogen (secondary N) is 1. The van der Waals surface area contributed by atoms with Crippen LogP contribution in [0.1, 0.15) is 16.8 Å². The van der Waals surface area contributed by atoms with E-state index in [0.717, 1.165) is 42.7 Å². The summed E-state index contributed by atoms with van der Waals surface area (Å²) in [5.41, 5.74) is 3.36. The van der Waals surface area contributed by atoms with Crippen molar-refractivity contribution in [2.75, 3.05) is 27.8 Å². The summed E-state index contributed by atoms with van der Waals surface area (Å²) < 4.78 is 15.7. The molecule has 1 aromatic carbocycles. The average molecular weight is 458 g/mol. The van der Waals surface area contributed by atoms with Crippen LogP contribution >= 0.6 is 24.0 Å². The van der Waals surface area contributed by atoms with Crippen LogP contribution in [-0.2, 0) is 19.5 Å². The fraction of sp³-hybridized carbons (Fsp3) is 0.412. The van der Waals surface area contributed by atoms with Gasteiger partial charge in [-0.05, 0) is 29.7 Å². The van der Waals surface area contributed by atoms with Crippen molar-refractivity contribution in [1.29, 1.82) is 0 Å². The number of aromatic nitrogens is 1. The Bertz CT molecular complexity index is 719. The Hall–Kier alpha value is -1.97. The molecule has 0 bridgehead atoms. The number of guanidine groups is 1. The van der Waals surface area contributed by atoms with E-state index in [1.807, 2.05) is 12.1 Å². The predicted molar refractivity (Wildman–Crippen MR) is 106 cm³/mol. The summed E-state index contributed by atoms with van der Waals surface area (Å²) in [6.07, 6.45) is 2.50. The SMILES string of the molecule is CN=C(NCc1ccon1)N1CCc2cc(OC)c(OC)cc2C1.I. The molecule has 2 heterocycles. The predicted octanol–water partition coefficient (Wildman–Crippen LogP) is 2.44. The van der Waals surface area contributed by atoms with E-state index in [0.29, 0.717) is 6.54 Å². The van der Waals surface area contributed by atoms with Crippen LogP contribution < -0.4 is 14.8 Å². The first-order chi connectivity index (χ1) is 11.7. The van der Waals surface area contributed by atoms with Gasteiger partial charge in [0.1, 0.15) is 12.0 Å². The molecule has 2 aromatic rings. The van der Waals surface area contributed by atoms with E-state index in [9.17, 15) is 0 Å². The van der Waals surface area contributed by atoms with Gasteiger partial charge in [-0.25, -0.2) is 0 Å². The molecule has 0 amide bonds. The van der Waals surface area contributed by atoms with Crippen molar-refractivity contribution in [3.8, 4) is 11.5 Å². The molecule has 7 nitrogen and oxygen atoms in total. The molecule has 1 aliphatic heterocycles. The zero-order chi connectivity index (χ0) is 16.9. The molecular formula is C17H23IN4O3. The van der Waals surface area contributed by atoms with Crippen LogP contribution in [0.2, 0.25) is 0 Å². The van der Waals surface area contributed by atoms with E-state index in [1.165, 1.54) is 11.1 Å². The highest BCUT2D eigenvalue weighted by atomic mass is 127. The second kappa shape index (κ2) is 8.93. The maximum absolute atomic E-state index is 5.41. The summed E-state index contributed by atoms with van der Waals surface area (Å²) in [4.78, 5) is 6.59. The summed E-state index contributed by atoms with van der Waals surface area (Å²) in [6.45, 7) is 2.24. The monoisotopic (exact) mass is 458 g/mol. The Morgan fingerprint density at radius 3 is 2.60 bits per heavy atom. The number of ether oxygens (including phenoxy) is 2. The third-order valence-electron chi connectivity index (χ3n) is 4.15. The first kappa shape index (κ1) is 19.4. The van der Waals surface area contributed by atoms with Gasteiger partial charge in [-0.15, -0.1) is 24.0 Å². The van der Waals surface area contributed by atoms with Crippen molar-refractivity contribution in [3.05, 3.63) is 41.3 Å². The Balaban J connectivity index is 0.00000225. The smallest absolute Gasteiger partial charge is 0.194 e. The number of fused-ring (bicyclic) bond motifs is 1. The van der Waals surface area contributed by atoms with Crippen molar-refractivity contribution in [2.45, 2.75) is 19.5 Å². The van der Waals surface area contributed by atoms with Crippen molar-refractivity contribution in [2.24, 2.45) is 4.99 Å². The fourth-order valence-corrected chi connectivity index (χ4v) is 2.89. The van der Waals surface area contributed by atoms with Crippen LogP contribution in [0.3, 0.4) is 0 Å². The molecule has 0 unspecified atom stereocenters. The average Bonchev–Trinajstić information content (AvgIpc) is 3.14. The highest BCUT2D eigenvalue weighted by Gasteiger charge is 2.21. The molecule has 0 aliphatic carbocycles. The molecule has 136 valence electrons. The lowest BCUT2D eigenvalue weighted by atomic mass is 9.99. The first-order valence-electron chi connectivity index (χ1n) is 7.83. The Kier molecular flexibility index (Phi) is 6.91. The number of rotatable bonds is 4. The summed E-state index contributed by atoms with van der Waals surface area (Å²) in [7, 11) is 5.10. The number of methoxy groups -OCH3 is 2. The van der Waals surface area contributed by atoms with E-state index < -0.39 is 0 Å². The van der Waals surface area contributed by atoms with Crippen LogP contribution in [0.5, 0.6) is 11.5 Å². The summed E-state index contributed by atoms with van der Waals surface area (Å²) in [5, 5.41) is 7.22. The van der Waals surface area contributed by atoms with Crippen LogP contribution in [-0.4, -0.2) is 43.8 Å². The molecular weight excluding hydrogens is 435 g/mol. The van der Waals surface area contributed by atoms with Gasteiger partial charge in [0.2, 0.25) is 0 Å². The van der Waals surface area contributed by atoms with E-state index in [1.54, 1.807) is 27.5 Å². The van der Waals surface area contributed by atoms with Crippen molar-refractivity contribution in [3.63, 3.8) is 0 Å². The van der Waals surface area contributed by atoms with E-state index in [2.05, 4.69) is 26.4 Å². The highest BCUT2D eigenvalue weighted by molar-refractivity contribution is 14.0. The molecule has 0 saturated heterocycles. The summed E-state index contributed by atoms with van der Waals surface area (Å²) in [6, 6.07) is 5.95.